The molecule has 2 aromatic heterocycles. The standard InChI is InChI=1S/C18H17N3O2S/c1-11-3-6-17(24-11)14-10-15(20-19-14)18(22)21-8-7-12-9-13(23-2)4-5-16(12)21/h3-6,9-10H,7-8H2,1-2H3,(H,19,20). The fourth-order valence-corrected chi connectivity index (χ4v) is 3.82. The summed E-state index contributed by atoms with van der Waals surface area (Å²) in [4.78, 5) is 16.9. The summed E-state index contributed by atoms with van der Waals surface area (Å²) in [6, 6.07) is 11.7. The number of rotatable bonds is 3. The van der Waals surface area contributed by atoms with Gasteiger partial charge in [0.2, 0.25) is 0 Å². The van der Waals surface area contributed by atoms with E-state index < -0.39 is 0 Å². The molecule has 1 aliphatic rings. The van der Waals surface area contributed by atoms with Crippen molar-refractivity contribution in [3.8, 4) is 16.3 Å². The maximum Gasteiger partial charge on any atom is 0.278 e. The van der Waals surface area contributed by atoms with Crippen LogP contribution >= 0.6 is 11.3 Å². The number of nitrogens with zero attached hydrogens (tertiary/aromatic N) is 2. The lowest BCUT2D eigenvalue weighted by Crippen LogP contribution is -2.29. The van der Waals surface area contributed by atoms with Gasteiger partial charge in [-0.25, -0.2) is 0 Å². The Balaban J connectivity index is 1.61. The molecule has 3 heterocycles. The number of hydrogen-bond acceptors (Lipinski definition) is 4. The number of aromatic nitrogens is 2. The van der Waals surface area contributed by atoms with E-state index in [4.69, 9.17) is 4.74 Å². The Morgan fingerprint density at radius 1 is 1.29 bits per heavy atom. The smallest absolute Gasteiger partial charge is 0.278 e. The van der Waals surface area contributed by atoms with Crippen LogP contribution in [0.15, 0.2) is 36.4 Å². The number of methoxy groups -OCH3 is 1. The molecule has 0 saturated carbocycles. The van der Waals surface area contributed by atoms with Crippen molar-refractivity contribution in [2.75, 3.05) is 18.6 Å². The summed E-state index contributed by atoms with van der Waals surface area (Å²) in [5.41, 5.74) is 3.40. The van der Waals surface area contributed by atoms with Gasteiger partial charge in [0.25, 0.3) is 5.91 Å². The van der Waals surface area contributed by atoms with E-state index in [-0.39, 0.29) is 5.91 Å². The summed E-state index contributed by atoms with van der Waals surface area (Å²) in [6.45, 7) is 2.73. The van der Waals surface area contributed by atoms with Crippen molar-refractivity contribution in [1.29, 1.82) is 0 Å². The third-order valence-electron chi connectivity index (χ3n) is 4.23. The molecule has 0 atom stereocenters. The zero-order valence-corrected chi connectivity index (χ0v) is 14.3. The molecule has 0 aliphatic carbocycles. The van der Waals surface area contributed by atoms with Gasteiger partial charge in [0, 0.05) is 17.1 Å². The van der Waals surface area contributed by atoms with Crippen LogP contribution in [0.4, 0.5) is 5.69 Å². The summed E-state index contributed by atoms with van der Waals surface area (Å²) >= 11 is 1.68. The second-order valence-corrected chi connectivity index (χ2v) is 7.07. The maximum absolute atomic E-state index is 12.8. The number of thiophene rings is 1. The average Bonchev–Trinajstić information content (AvgIpc) is 3.32. The predicted molar refractivity (Wildman–Crippen MR) is 95.0 cm³/mol. The van der Waals surface area contributed by atoms with Gasteiger partial charge in [-0.15, -0.1) is 11.3 Å². The number of aryl methyl sites for hydroxylation is 1. The summed E-state index contributed by atoms with van der Waals surface area (Å²) in [7, 11) is 1.65. The van der Waals surface area contributed by atoms with Gasteiger partial charge in [-0.1, -0.05) is 0 Å². The van der Waals surface area contributed by atoms with E-state index in [1.165, 1.54) is 4.88 Å². The number of fused-ring (bicyclic) bond motifs is 1. The van der Waals surface area contributed by atoms with E-state index in [1.54, 1.807) is 23.3 Å². The first kappa shape index (κ1) is 15.0. The number of benzene rings is 1. The fourth-order valence-electron chi connectivity index (χ4n) is 2.99. The molecule has 0 radical (unpaired) electrons. The molecule has 0 fully saturated rings. The second-order valence-electron chi connectivity index (χ2n) is 5.78. The largest absolute Gasteiger partial charge is 0.497 e. The van der Waals surface area contributed by atoms with E-state index in [2.05, 4.69) is 23.2 Å². The molecule has 0 saturated heterocycles. The van der Waals surface area contributed by atoms with Gasteiger partial charge in [-0.05, 0) is 55.3 Å². The number of ether oxygens (including phenoxy) is 1. The number of carbonyl (C=O) groups excluding carboxylic acids is 1. The van der Waals surface area contributed by atoms with Crippen molar-refractivity contribution in [3.63, 3.8) is 0 Å². The lowest BCUT2D eigenvalue weighted by molar-refractivity contribution is 0.0984. The Labute approximate surface area is 143 Å². The highest BCUT2D eigenvalue weighted by Crippen LogP contribution is 2.33. The summed E-state index contributed by atoms with van der Waals surface area (Å²) in [5.74, 6) is 0.743. The number of amides is 1. The van der Waals surface area contributed by atoms with Gasteiger partial charge in [0.05, 0.1) is 17.7 Å². The summed E-state index contributed by atoms with van der Waals surface area (Å²) < 4.78 is 5.25. The molecule has 0 unspecified atom stereocenters. The van der Waals surface area contributed by atoms with Gasteiger partial charge in [0.15, 0.2) is 5.69 Å². The lowest BCUT2D eigenvalue weighted by Gasteiger charge is -2.16. The quantitative estimate of drug-likeness (QED) is 0.792. The summed E-state index contributed by atoms with van der Waals surface area (Å²) in [5, 5.41) is 7.19. The normalized spacial score (nSPS) is 13.2. The molecule has 0 spiro atoms. The fraction of sp³-hybridized carbons (Fsp3) is 0.222. The number of nitrogens with one attached hydrogen (secondary N) is 1. The minimum absolute atomic E-state index is 0.0744. The van der Waals surface area contributed by atoms with Gasteiger partial charge in [-0.3, -0.25) is 9.89 Å². The van der Waals surface area contributed by atoms with Crippen LogP contribution < -0.4 is 9.64 Å². The van der Waals surface area contributed by atoms with Gasteiger partial charge >= 0.3 is 0 Å². The minimum Gasteiger partial charge on any atom is -0.497 e. The van der Waals surface area contributed by atoms with Crippen molar-refractivity contribution >= 4 is 22.9 Å². The molecule has 0 bridgehead atoms. The first-order valence-corrected chi connectivity index (χ1v) is 8.58. The maximum atomic E-state index is 12.8. The molecule has 1 aromatic carbocycles. The summed E-state index contributed by atoms with van der Waals surface area (Å²) in [6.07, 6.45) is 0.833. The van der Waals surface area contributed by atoms with Crippen LogP contribution in [-0.4, -0.2) is 29.8 Å². The number of anilines is 1. The molecule has 4 rings (SSSR count). The van der Waals surface area contributed by atoms with Crippen molar-refractivity contribution < 1.29 is 9.53 Å². The Bertz CT molecular complexity index is 913. The Kier molecular flexibility index (Phi) is 3.61. The minimum atomic E-state index is -0.0744. The molecular formula is C18H17N3O2S. The van der Waals surface area contributed by atoms with Crippen LogP contribution in [0.3, 0.4) is 0 Å². The van der Waals surface area contributed by atoms with Crippen LogP contribution in [0.25, 0.3) is 10.6 Å². The molecule has 1 aliphatic heterocycles. The Morgan fingerprint density at radius 2 is 2.17 bits per heavy atom. The highest BCUT2D eigenvalue weighted by Gasteiger charge is 2.27. The van der Waals surface area contributed by atoms with Gasteiger partial charge < -0.3 is 9.64 Å². The van der Waals surface area contributed by atoms with Crippen molar-refractivity contribution in [2.24, 2.45) is 0 Å². The first-order valence-electron chi connectivity index (χ1n) is 7.77. The molecule has 1 N–H and O–H groups in total. The van der Waals surface area contributed by atoms with Crippen LogP contribution in [0.5, 0.6) is 5.75 Å². The highest BCUT2D eigenvalue weighted by molar-refractivity contribution is 7.15. The molecule has 24 heavy (non-hydrogen) atoms. The van der Waals surface area contributed by atoms with Gasteiger partial charge in [0.1, 0.15) is 5.75 Å². The van der Waals surface area contributed by atoms with Crippen LogP contribution in [-0.2, 0) is 6.42 Å². The number of carbonyl (C=O) groups is 1. The Hall–Kier alpha value is -2.60. The monoisotopic (exact) mass is 339 g/mol. The molecule has 122 valence electrons. The second kappa shape index (κ2) is 5.79. The van der Waals surface area contributed by atoms with E-state index in [0.717, 1.165) is 34.0 Å². The first-order chi connectivity index (χ1) is 11.7. The SMILES string of the molecule is COc1ccc2c(c1)CCN2C(=O)c1cc(-c2ccc(C)s2)[nH]n1. The third-order valence-corrected chi connectivity index (χ3v) is 5.26. The van der Waals surface area contributed by atoms with E-state index in [9.17, 15) is 4.79 Å². The zero-order valence-electron chi connectivity index (χ0n) is 13.5. The predicted octanol–water partition coefficient (Wildman–Crippen LogP) is 3.66. The number of aromatic amines is 1. The third kappa shape index (κ3) is 2.49. The van der Waals surface area contributed by atoms with E-state index in [1.807, 2.05) is 30.3 Å². The van der Waals surface area contributed by atoms with E-state index in [0.29, 0.717) is 12.2 Å². The van der Waals surface area contributed by atoms with Crippen LogP contribution in [0.1, 0.15) is 20.9 Å². The number of hydrogen-bond donors (Lipinski definition) is 1. The van der Waals surface area contributed by atoms with Gasteiger partial charge in [-0.2, -0.15) is 5.10 Å². The molecule has 1 amide bonds. The van der Waals surface area contributed by atoms with Crippen molar-refractivity contribution in [3.05, 3.63) is 52.5 Å². The lowest BCUT2D eigenvalue weighted by atomic mass is 10.1. The highest BCUT2D eigenvalue weighted by atomic mass is 32.1. The van der Waals surface area contributed by atoms with Crippen LogP contribution in [0, 0.1) is 6.92 Å². The zero-order chi connectivity index (χ0) is 16.7. The van der Waals surface area contributed by atoms with Crippen molar-refractivity contribution in [1.82, 2.24) is 10.2 Å². The number of H-pyrrole nitrogens is 1. The molecule has 5 nitrogen and oxygen atoms in total. The Morgan fingerprint density at radius 3 is 2.92 bits per heavy atom. The van der Waals surface area contributed by atoms with Crippen LogP contribution in [0.2, 0.25) is 0 Å². The molecule has 6 heteroatoms. The molecular weight excluding hydrogens is 322 g/mol. The molecule has 3 aromatic rings. The topological polar surface area (TPSA) is 58.2 Å². The van der Waals surface area contributed by atoms with E-state index >= 15 is 0 Å². The average molecular weight is 339 g/mol. The van der Waals surface area contributed by atoms with Crippen molar-refractivity contribution in [2.45, 2.75) is 13.3 Å².